The molecule has 0 aliphatic heterocycles. The molecule has 0 amide bonds. The van der Waals surface area contributed by atoms with Crippen molar-refractivity contribution in [2.75, 3.05) is 0 Å². The Balaban J connectivity index is 2.53. The summed E-state index contributed by atoms with van der Waals surface area (Å²) in [5, 5.41) is 0. The Morgan fingerprint density at radius 3 is 2.64 bits per heavy atom. The number of aromatic nitrogens is 2. The molecule has 0 aromatic carbocycles. The lowest BCUT2D eigenvalue weighted by molar-refractivity contribution is 0.576. The monoisotopic (exact) mass is 192 g/mol. The highest BCUT2D eigenvalue weighted by atomic mass is 19.1. The summed E-state index contributed by atoms with van der Waals surface area (Å²) in [7, 11) is 0. The van der Waals surface area contributed by atoms with Gasteiger partial charge in [-0.15, -0.1) is 0 Å². The normalized spacial score (nSPS) is 10.1. The van der Waals surface area contributed by atoms with Crippen molar-refractivity contribution in [3.63, 3.8) is 0 Å². The van der Waals surface area contributed by atoms with Crippen LogP contribution in [-0.4, -0.2) is 9.97 Å². The molecule has 70 valence electrons. The van der Waals surface area contributed by atoms with Crippen molar-refractivity contribution in [1.29, 1.82) is 0 Å². The van der Waals surface area contributed by atoms with Gasteiger partial charge in [-0.1, -0.05) is 0 Å². The molecule has 2 aromatic rings. The average Bonchev–Trinajstić information content (AvgIpc) is 2.19. The van der Waals surface area contributed by atoms with Gasteiger partial charge in [0, 0.05) is 24.0 Å². The van der Waals surface area contributed by atoms with Gasteiger partial charge in [0.25, 0.3) is 0 Å². The van der Waals surface area contributed by atoms with E-state index in [-0.39, 0.29) is 5.69 Å². The van der Waals surface area contributed by atoms with E-state index < -0.39 is 11.6 Å². The molecular weight excluding hydrogens is 186 g/mol. The van der Waals surface area contributed by atoms with E-state index in [2.05, 4.69) is 9.97 Å². The molecule has 0 saturated carbocycles. The highest BCUT2D eigenvalue weighted by Gasteiger charge is 2.07. The predicted octanol–water partition coefficient (Wildman–Crippen LogP) is 2.42. The smallest absolute Gasteiger partial charge is 0.152 e. The molecule has 0 aliphatic rings. The fraction of sp³-hybridized carbons (Fsp3) is 0. The Bertz CT molecular complexity index is 443. The molecule has 14 heavy (non-hydrogen) atoms. The van der Waals surface area contributed by atoms with Crippen LogP contribution >= 0.6 is 0 Å². The molecule has 2 aromatic heterocycles. The lowest BCUT2D eigenvalue weighted by Gasteiger charge is -2.00. The number of hydrogen-bond acceptors (Lipinski definition) is 2. The van der Waals surface area contributed by atoms with Crippen LogP contribution in [0.1, 0.15) is 0 Å². The van der Waals surface area contributed by atoms with Crippen LogP contribution in [0.5, 0.6) is 0 Å². The summed E-state index contributed by atoms with van der Waals surface area (Å²) in [5.74, 6) is -1.37. The standard InChI is InChI=1S/C10H6F2N2/c11-8-4-9(12)10(14-6-8)7-2-1-3-13-5-7/h1-6H. The Labute approximate surface area is 79.3 Å². The van der Waals surface area contributed by atoms with Crippen molar-refractivity contribution < 1.29 is 8.78 Å². The van der Waals surface area contributed by atoms with E-state index >= 15 is 0 Å². The van der Waals surface area contributed by atoms with E-state index in [1.54, 1.807) is 18.3 Å². The van der Waals surface area contributed by atoms with Crippen LogP contribution in [0.4, 0.5) is 8.78 Å². The Hall–Kier alpha value is -1.84. The van der Waals surface area contributed by atoms with E-state index in [4.69, 9.17) is 0 Å². The van der Waals surface area contributed by atoms with Crippen molar-refractivity contribution in [2.24, 2.45) is 0 Å². The van der Waals surface area contributed by atoms with E-state index in [9.17, 15) is 8.78 Å². The van der Waals surface area contributed by atoms with Gasteiger partial charge in [-0.2, -0.15) is 0 Å². The summed E-state index contributed by atoms with van der Waals surface area (Å²) in [4.78, 5) is 7.48. The number of halogens is 2. The largest absolute Gasteiger partial charge is 0.264 e. The molecule has 0 radical (unpaired) electrons. The summed E-state index contributed by atoms with van der Waals surface area (Å²) in [6.45, 7) is 0. The molecule has 2 rings (SSSR count). The first kappa shape index (κ1) is 8.74. The van der Waals surface area contributed by atoms with Gasteiger partial charge < -0.3 is 0 Å². The number of pyridine rings is 2. The predicted molar refractivity (Wildman–Crippen MR) is 47.4 cm³/mol. The lowest BCUT2D eigenvalue weighted by atomic mass is 10.2. The van der Waals surface area contributed by atoms with Crippen molar-refractivity contribution in [3.8, 4) is 11.3 Å². The first-order valence-corrected chi connectivity index (χ1v) is 3.99. The van der Waals surface area contributed by atoms with E-state index in [0.717, 1.165) is 12.3 Å². The van der Waals surface area contributed by atoms with Gasteiger partial charge in [-0.25, -0.2) is 8.78 Å². The number of nitrogens with zero attached hydrogens (tertiary/aromatic N) is 2. The Kier molecular flexibility index (Phi) is 2.18. The molecule has 0 bridgehead atoms. The van der Waals surface area contributed by atoms with Gasteiger partial charge in [0.2, 0.25) is 0 Å². The van der Waals surface area contributed by atoms with Gasteiger partial charge in [0.1, 0.15) is 11.5 Å². The van der Waals surface area contributed by atoms with Crippen LogP contribution in [0.2, 0.25) is 0 Å². The number of hydrogen-bond donors (Lipinski definition) is 0. The van der Waals surface area contributed by atoms with Crippen molar-refractivity contribution in [1.82, 2.24) is 9.97 Å². The second kappa shape index (κ2) is 3.49. The molecule has 0 aliphatic carbocycles. The fourth-order valence-electron chi connectivity index (χ4n) is 1.13. The van der Waals surface area contributed by atoms with Crippen LogP contribution < -0.4 is 0 Å². The second-order valence-corrected chi connectivity index (χ2v) is 2.73. The molecule has 4 heteroatoms. The summed E-state index contributed by atoms with van der Waals surface area (Å²) < 4.78 is 25.8. The van der Waals surface area contributed by atoms with Crippen LogP contribution in [-0.2, 0) is 0 Å². The Morgan fingerprint density at radius 1 is 1.14 bits per heavy atom. The third-order valence-electron chi connectivity index (χ3n) is 1.74. The second-order valence-electron chi connectivity index (χ2n) is 2.73. The highest BCUT2D eigenvalue weighted by Crippen LogP contribution is 2.18. The van der Waals surface area contributed by atoms with Crippen LogP contribution in [0, 0.1) is 11.6 Å². The third-order valence-corrected chi connectivity index (χ3v) is 1.74. The molecular formula is C10H6F2N2. The van der Waals surface area contributed by atoms with Crippen LogP contribution in [0.25, 0.3) is 11.3 Å². The molecule has 0 N–H and O–H groups in total. The third kappa shape index (κ3) is 1.59. The van der Waals surface area contributed by atoms with E-state index in [0.29, 0.717) is 5.56 Å². The zero-order valence-electron chi connectivity index (χ0n) is 7.11. The molecule has 0 unspecified atom stereocenters. The zero-order chi connectivity index (χ0) is 9.97. The van der Waals surface area contributed by atoms with Gasteiger partial charge in [-0.05, 0) is 12.1 Å². The summed E-state index contributed by atoms with van der Waals surface area (Å²) in [6.07, 6.45) is 4.03. The molecule has 0 spiro atoms. The van der Waals surface area contributed by atoms with E-state index in [1.807, 2.05) is 0 Å². The van der Waals surface area contributed by atoms with Crippen LogP contribution in [0.3, 0.4) is 0 Å². The number of rotatable bonds is 1. The minimum absolute atomic E-state index is 0.111. The molecule has 0 fully saturated rings. The average molecular weight is 192 g/mol. The maximum absolute atomic E-state index is 13.2. The van der Waals surface area contributed by atoms with Crippen molar-refractivity contribution in [3.05, 3.63) is 48.4 Å². The molecule has 2 heterocycles. The maximum atomic E-state index is 13.2. The SMILES string of the molecule is Fc1cnc(-c2cccnc2)c(F)c1. The minimum atomic E-state index is -0.685. The van der Waals surface area contributed by atoms with Crippen molar-refractivity contribution in [2.45, 2.75) is 0 Å². The van der Waals surface area contributed by atoms with Crippen molar-refractivity contribution >= 4 is 0 Å². The minimum Gasteiger partial charge on any atom is -0.264 e. The highest BCUT2D eigenvalue weighted by molar-refractivity contribution is 5.57. The lowest BCUT2D eigenvalue weighted by Crippen LogP contribution is -1.91. The van der Waals surface area contributed by atoms with Gasteiger partial charge >= 0.3 is 0 Å². The fourth-order valence-corrected chi connectivity index (χ4v) is 1.13. The summed E-state index contributed by atoms with van der Waals surface area (Å²) in [5.41, 5.74) is 0.643. The first-order valence-electron chi connectivity index (χ1n) is 3.99. The Morgan fingerprint density at radius 2 is 2.00 bits per heavy atom. The van der Waals surface area contributed by atoms with Gasteiger partial charge in [-0.3, -0.25) is 9.97 Å². The topological polar surface area (TPSA) is 25.8 Å². The molecule has 2 nitrogen and oxygen atoms in total. The first-order chi connectivity index (χ1) is 6.77. The quantitative estimate of drug-likeness (QED) is 0.693. The molecule has 0 atom stereocenters. The van der Waals surface area contributed by atoms with E-state index in [1.165, 1.54) is 6.20 Å². The molecule has 0 saturated heterocycles. The van der Waals surface area contributed by atoms with Crippen LogP contribution in [0.15, 0.2) is 36.8 Å². The van der Waals surface area contributed by atoms with Gasteiger partial charge in [0.05, 0.1) is 6.20 Å². The zero-order valence-corrected chi connectivity index (χ0v) is 7.11. The summed E-state index contributed by atoms with van der Waals surface area (Å²) >= 11 is 0. The summed E-state index contributed by atoms with van der Waals surface area (Å²) in [6, 6.07) is 4.13. The maximum Gasteiger partial charge on any atom is 0.152 e. The van der Waals surface area contributed by atoms with Gasteiger partial charge in [0.15, 0.2) is 5.82 Å².